The summed E-state index contributed by atoms with van der Waals surface area (Å²) in [5, 5.41) is 0. The number of halogens is 3. The van der Waals surface area contributed by atoms with E-state index in [1.165, 1.54) is 0 Å². The normalized spacial score (nSPS) is 0. The Kier molecular flexibility index (Phi) is 747. The first kappa shape index (κ1) is 81.6. The van der Waals surface area contributed by atoms with Crippen LogP contribution in [0.2, 0.25) is 0 Å². The van der Waals surface area contributed by atoms with Crippen LogP contribution in [0.3, 0.4) is 0 Å². The monoisotopic (exact) mass is 199 g/mol. The second-order valence-corrected chi connectivity index (χ2v) is 0. The van der Waals surface area contributed by atoms with Crippen LogP contribution in [0.25, 0.3) is 0 Å². The van der Waals surface area contributed by atoms with E-state index in [9.17, 15) is 0 Å². The van der Waals surface area contributed by atoms with Crippen LogP contribution in [0.1, 0.15) is 0 Å². The summed E-state index contributed by atoms with van der Waals surface area (Å²) in [6.45, 7) is 0. The minimum Gasteiger partial charge on any atom is -0.269 e. The van der Waals surface area contributed by atoms with E-state index in [1.807, 2.05) is 0 Å². The molecule has 0 aliphatic heterocycles. The Hall–Kier alpha value is 0.985. The van der Waals surface area contributed by atoms with Crippen LogP contribution in [-0.2, 0) is 0 Å². The molecule has 0 aliphatic carbocycles. The van der Waals surface area contributed by atoms with Crippen molar-refractivity contribution in [1.29, 1.82) is 0 Å². The summed E-state index contributed by atoms with van der Waals surface area (Å²) in [6.07, 6.45) is 0. The van der Waals surface area contributed by atoms with Crippen LogP contribution in [0.4, 0.5) is 14.1 Å². The zero-order valence-corrected chi connectivity index (χ0v) is 5.43. The fourth-order valence-electron chi connectivity index (χ4n) is 0. The number of hydrogen-bond acceptors (Lipinski definition) is 0. The van der Waals surface area contributed by atoms with Crippen LogP contribution in [0.5, 0.6) is 0 Å². The van der Waals surface area contributed by atoms with E-state index >= 15 is 0 Å². The predicted octanol–water partition coefficient (Wildman–Crippen LogP) is 0.458. The summed E-state index contributed by atoms with van der Waals surface area (Å²) in [6, 6.07) is 0. The summed E-state index contributed by atoms with van der Waals surface area (Å²) in [5.41, 5.74) is 0. The van der Waals surface area contributed by atoms with E-state index in [1.54, 1.807) is 0 Å². The third-order valence-corrected chi connectivity index (χ3v) is 0. The van der Waals surface area contributed by atoms with E-state index in [0.29, 0.717) is 0 Å². The molecule has 0 saturated heterocycles. The van der Waals surface area contributed by atoms with Crippen LogP contribution in [0, 0.1) is 35.6 Å². The average Bonchev–Trinajstić information content (AvgIpc) is 0. The maximum Gasteiger partial charge on any atom is 0 e. The van der Waals surface area contributed by atoms with Crippen molar-refractivity contribution in [1.82, 2.24) is 0 Å². The van der Waals surface area contributed by atoms with Gasteiger partial charge in [-0.2, -0.15) is 0 Å². The Morgan fingerprint density at radius 1 is 0.500 bits per heavy atom. The molecule has 0 rings (SSSR count). The van der Waals surface area contributed by atoms with Crippen LogP contribution < -0.4 is 0 Å². The molecule has 27 valence electrons. The first-order valence-corrected chi connectivity index (χ1v) is 0. The third kappa shape index (κ3) is 12.1. The molecule has 0 aromatic carbocycles. The molecule has 0 unspecified atom stereocenters. The average molecular weight is 199 g/mol. The largest absolute Gasteiger partial charge is 0.269 e. The van der Waals surface area contributed by atoms with Gasteiger partial charge in [-0.25, -0.2) is 0 Å². The smallest absolute Gasteiger partial charge is 0 e. The minimum atomic E-state index is 0. The van der Waals surface area contributed by atoms with E-state index in [0.717, 1.165) is 0 Å². The second kappa shape index (κ2) is 36.6. The molecule has 4 heavy (non-hydrogen) atoms. The zero-order chi connectivity index (χ0) is 0. The molecule has 0 aromatic heterocycles. The van der Waals surface area contributed by atoms with Crippen molar-refractivity contribution < 1.29 is 49.7 Å². The molecule has 0 bridgehead atoms. The summed E-state index contributed by atoms with van der Waals surface area (Å²) >= 11 is 0. The SMILES string of the molecule is F.F.F.[La]. The van der Waals surface area contributed by atoms with Gasteiger partial charge in [0.05, 0.1) is 0 Å². The van der Waals surface area contributed by atoms with Crippen LogP contribution >= 0.6 is 0 Å². The molecule has 0 nitrogen and oxygen atoms in total. The van der Waals surface area contributed by atoms with Crippen molar-refractivity contribution in [3.63, 3.8) is 0 Å². The van der Waals surface area contributed by atoms with Gasteiger partial charge in [0.15, 0.2) is 0 Å². The van der Waals surface area contributed by atoms with Crippen LogP contribution in [0.15, 0.2) is 0 Å². The van der Waals surface area contributed by atoms with Gasteiger partial charge in [0.25, 0.3) is 0 Å². The van der Waals surface area contributed by atoms with Gasteiger partial charge in [-0.15, -0.1) is 0 Å². The molecule has 0 aliphatic rings. The van der Waals surface area contributed by atoms with Gasteiger partial charge in [-0.3, -0.25) is 14.1 Å². The molecule has 0 heterocycles. The Labute approximate surface area is 49.7 Å². The standard InChI is InChI=1S/3FH.La/h3*1H;. The quantitative estimate of drug-likeness (QED) is 0.531. The summed E-state index contributed by atoms with van der Waals surface area (Å²) in [5.74, 6) is 0. The molecule has 0 aromatic rings. The van der Waals surface area contributed by atoms with Gasteiger partial charge in [0.1, 0.15) is 0 Å². The van der Waals surface area contributed by atoms with Gasteiger partial charge in [0, 0.05) is 35.6 Å². The van der Waals surface area contributed by atoms with E-state index in [-0.39, 0.29) is 49.7 Å². The Morgan fingerprint density at radius 3 is 0.500 bits per heavy atom. The van der Waals surface area contributed by atoms with Crippen molar-refractivity contribution in [3.05, 3.63) is 0 Å². The van der Waals surface area contributed by atoms with Gasteiger partial charge in [-0.1, -0.05) is 0 Å². The Bertz CT molecular complexity index is 3.25. The topological polar surface area (TPSA) is 0 Å². The summed E-state index contributed by atoms with van der Waals surface area (Å²) < 4.78 is 0. The molecule has 4 heteroatoms. The van der Waals surface area contributed by atoms with Gasteiger partial charge >= 0.3 is 0 Å². The van der Waals surface area contributed by atoms with Crippen molar-refractivity contribution in [2.75, 3.05) is 0 Å². The van der Waals surface area contributed by atoms with E-state index in [4.69, 9.17) is 0 Å². The van der Waals surface area contributed by atoms with Crippen molar-refractivity contribution in [2.45, 2.75) is 0 Å². The summed E-state index contributed by atoms with van der Waals surface area (Å²) in [7, 11) is 0. The van der Waals surface area contributed by atoms with Crippen molar-refractivity contribution >= 4 is 0 Å². The molecular weight excluding hydrogens is 196 g/mol. The second-order valence-electron chi connectivity index (χ2n) is 0. The molecule has 1 radical (unpaired) electrons. The van der Waals surface area contributed by atoms with Crippen LogP contribution in [-0.4, -0.2) is 0 Å². The Balaban J connectivity index is 0. The summed E-state index contributed by atoms with van der Waals surface area (Å²) in [4.78, 5) is 0. The van der Waals surface area contributed by atoms with Crippen molar-refractivity contribution in [3.8, 4) is 0 Å². The first-order valence-electron chi connectivity index (χ1n) is 0. The fraction of sp³-hybridized carbons (Fsp3) is 0. The van der Waals surface area contributed by atoms with Gasteiger partial charge < -0.3 is 0 Å². The van der Waals surface area contributed by atoms with E-state index in [2.05, 4.69) is 0 Å². The molecule has 0 spiro atoms. The molecule has 0 atom stereocenters. The maximum absolute atomic E-state index is 0. The predicted molar refractivity (Wildman–Crippen MR) is 7.51 cm³/mol. The molecule has 0 fully saturated rings. The zero-order valence-electron chi connectivity index (χ0n) is 1.80. The number of hydrogen-bond donors (Lipinski definition) is 0. The van der Waals surface area contributed by atoms with Crippen molar-refractivity contribution in [2.24, 2.45) is 0 Å². The van der Waals surface area contributed by atoms with Gasteiger partial charge in [0.2, 0.25) is 0 Å². The fourth-order valence-corrected chi connectivity index (χ4v) is 0. The molecule has 0 saturated carbocycles. The molecular formula is H3F3La. The molecule has 0 amide bonds. The number of rotatable bonds is 0. The minimum absolute atomic E-state index is 0. The maximum atomic E-state index is 0. The van der Waals surface area contributed by atoms with Gasteiger partial charge in [-0.05, 0) is 0 Å². The Morgan fingerprint density at radius 2 is 0.500 bits per heavy atom. The first-order chi connectivity index (χ1) is 0. The third-order valence-electron chi connectivity index (χ3n) is 0. The van der Waals surface area contributed by atoms with E-state index < -0.39 is 0 Å². The molecule has 0 N–H and O–H groups in total.